The van der Waals surface area contributed by atoms with E-state index in [9.17, 15) is 9.18 Å². The van der Waals surface area contributed by atoms with Crippen molar-refractivity contribution in [3.05, 3.63) is 27.6 Å². The van der Waals surface area contributed by atoms with Gasteiger partial charge in [-0.25, -0.2) is 9.18 Å². The third-order valence-electron chi connectivity index (χ3n) is 2.00. The molecule has 0 spiro atoms. The number of benzene rings is 1. The van der Waals surface area contributed by atoms with Crippen LogP contribution in [-0.2, 0) is 4.79 Å². The first-order valence-electron chi connectivity index (χ1n) is 4.76. The number of carboxylic acid groups (broad SMARTS) is 1. The number of carbonyl (C=O) groups is 1. The Morgan fingerprint density at radius 3 is 2.56 bits per heavy atom. The molecule has 1 rings (SSSR count). The van der Waals surface area contributed by atoms with E-state index >= 15 is 0 Å². The molecule has 1 atom stereocenters. The Labute approximate surface area is 107 Å². The van der Waals surface area contributed by atoms with Crippen LogP contribution in [0.3, 0.4) is 0 Å². The number of hydrogen-bond donors (Lipinski definition) is 1. The van der Waals surface area contributed by atoms with Crippen LogP contribution in [0, 0.1) is 15.3 Å². The number of hydrogen-bond acceptors (Lipinski definition) is 2. The van der Waals surface area contributed by atoms with Crippen LogP contribution in [0.1, 0.15) is 13.8 Å². The molecular weight excluding hydrogens is 326 g/mol. The molecule has 0 radical (unpaired) electrons. The molecule has 1 aromatic rings. The molecule has 3 nitrogen and oxygen atoms in total. The molecular formula is C11H12FIO3. The first kappa shape index (κ1) is 13.2. The van der Waals surface area contributed by atoms with Gasteiger partial charge in [-0.2, -0.15) is 0 Å². The summed E-state index contributed by atoms with van der Waals surface area (Å²) in [6.07, 6.45) is -1.03. The van der Waals surface area contributed by atoms with E-state index in [0.717, 1.165) is 3.57 Å². The van der Waals surface area contributed by atoms with Gasteiger partial charge in [-0.1, -0.05) is 13.8 Å². The molecule has 1 N–H and O–H groups in total. The third-order valence-corrected chi connectivity index (χ3v) is 2.67. The number of rotatable bonds is 4. The van der Waals surface area contributed by atoms with Crippen molar-refractivity contribution in [2.45, 2.75) is 20.0 Å². The lowest BCUT2D eigenvalue weighted by Crippen LogP contribution is -2.32. The number of carboxylic acids is 1. The number of aliphatic carboxylic acids is 1. The van der Waals surface area contributed by atoms with Crippen LogP contribution in [0.5, 0.6) is 5.75 Å². The van der Waals surface area contributed by atoms with Crippen LogP contribution < -0.4 is 4.74 Å². The highest BCUT2D eigenvalue weighted by Gasteiger charge is 2.24. The SMILES string of the molecule is CC(C)C(Oc1ccc(I)cc1F)C(=O)O. The molecule has 1 unspecified atom stereocenters. The molecule has 0 saturated carbocycles. The summed E-state index contributed by atoms with van der Waals surface area (Å²) >= 11 is 1.97. The molecule has 0 aliphatic carbocycles. The minimum absolute atomic E-state index is 0.0264. The second-order valence-electron chi connectivity index (χ2n) is 3.70. The smallest absolute Gasteiger partial charge is 0.345 e. The van der Waals surface area contributed by atoms with Crippen LogP contribution in [0.25, 0.3) is 0 Å². The Hall–Kier alpha value is -0.850. The molecule has 0 heterocycles. The molecule has 0 aliphatic heterocycles. The van der Waals surface area contributed by atoms with Crippen LogP contribution >= 0.6 is 22.6 Å². The Bertz CT molecular complexity index is 393. The Morgan fingerprint density at radius 1 is 1.50 bits per heavy atom. The summed E-state index contributed by atoms with van der Waals surface area (Å²) in [4.78, 5) is 10.9. The Balaban J connectivity index is 2.90. The Kier molecular flexibility index (Phi) is 4.52. The molecule has 16 heavy (non-hydrogen) atoms. The number of ether oxygens (including phenoxy) is 1. The van der Waals surface area contributed by atoms with Crippen molar-refractivity contribution in [3.63, 3.8) is 0 Å². The monoisotopic (exact) mass is 338 g/mol. The molecule has 1 aromatic carbocycles. The topological polar surface area (TPSA) is 46.5 Å². The van der Waals surface area contributed by atoms with Gasteiger partial charge in [0.15, 0.2) is 17.7 Å². The molecule has 0 aromatic heterocycles. The fraction of sp³-hybridized carbons (Fsp3) is 0.364. The molecule has 0 aliphatic rings. The quantitative estimate of drug-likeness (QED) is 0.859. The summed E-state index contributed by atoms with van der Waals surface area (Å²) < 4.78 is 19.3. The predicted octanol–water partition coefficient (Wildman–Crippen LogP) is 2.92. The summed E-state index contributed by atoms with van der Waals surface area (Å²) in [5, 5.41) is 8.90. The standard InChI is InChI=1S/C11H12FIO3/c1-6(2)10(11(14)15)16-9-4-3-7(13)5-8(9)12/h3-6,10H,1-2H3,(H,14,15). The van der Waals surface area contributed by atoms with Gasteiger partial charge in [0, 0.05) is 9.49 Å². The second kappa shape index (κ2) is 5.47. The van der Waals surface area contributed by atoms with Gasteiger partial charge in [0.1, 0.15) is 0 Å². The van der Waals surface area contributed by atoms with Gasteiger partial charge in [0.2, 0.25) is 0 Å². The van der Waals surface area contributed by atoms with E-state index < -0.39 is 17.9 Å². The van der Waals surface area contributed by atoms with E-state index in [1.54, 1.807) is 19.9 Å². The van der Waals surface area contributed by atoms with Crippen LogP contribution in [0.2, 0.25) is 0 Å². The summed E-state index contributed by atoms with van der Waals surface area (Å²) in [5.74, 6) is -1.88. The maximum atomic E-state index is 13.4. The van der Waals surface area contributed by atoms with Crippen molar-refractivity contribution in [1.29, 1.82) is 0 Å². The molecule has 0 bridgehead atoms. The lowest BCUT2D eigenvalue weighted by molar-refractivity contribution is -0.147. The van der Waals surface area contributed by atoms with Crippen LogP contribution in [-0.4, -0.2) is 17.2 Å². The van der Waals surface area contributed by atoms with E-state index in [4.69, 9.17) is 9.84 Å². The molecule has 0 fully saturated rings. The molecule has 0 amide bonds. The highest BCUT2D eigenvalue weighted by atomic mass is 127. The zero-order valence-electron chi connectivity index (χ0n) is 8.91. The maximum Gasteiger partial charge on any atom is 0.345 e. The minimum Gasteiger partial charge on any atom is -0.478 e. The van der Waals surface area contributed by atoms with E-state index in [-0.39, 0.29) is 11.7 Å². The molecule has 5 heteroatoms. The van der Waals surface area contributed by atoms with Gasteiger partial charge < -0.3 is 9.84 Å². The van der Waals surface area contributed by atoms with Gasteiger partial charge in [-0.3, -0.25) is 0 Å². The zero-order chi connectivity index (χ0) is 12.3. The number of halogens is 2. The predicted molar refractivity (Wildman–Crippen MR) is 66.0 cm³/mol. The van der Waals surface area contributed by atoms with Crippen molar-refractivity contribution >= 4 is 28.6 Å². The van der Waals surface area contributed by atoms with Crippen molar-refractivity contribution in [2.75, 3.05) is 0 Å². The largest absolute Gasteiger partial charge is 0.478 e. The van der Waals surface area contributed by atoms with E-state index in [1.165, 1.54) is 12.1 Å². The second-order valence-corrected chi connectivity index (χ2v) is 4.94. The van der Waals surface area contributed by atoms with Gasteiger partial charge in [-0.05, 0) is 40.8 Å². The van der Waals surface area contributed by atoms with Crippen LogP contribution in [0.15, 0.2) is 18.2 Å². The third kappa shape index (κ3) is 3.33. The summed E-state index contributed by atoms with van der Waals surface area (Å²) in [7, 11) is 0. The van der Waals surface area contributed by atoms with E-state index in [0.29, 0.717) is 0 Å². The molecule has 88 valence electrons. The van der Waals surface area contributed by atoms with Crippen molar-refractivity contribution in [2.24, 2.45) is 5.92 Å². The lowest BCUT2D eigenvalue weighted by Gasteiger charge is -2.18. The van der Waals surface area contributed by atoms with Crippen molar-refractivity contribution in [3.8, 4) is 5.75 Å². The first-order chi connectivity index (χ1) is 7.41. The average Bonchev–Trinajstić information content (AvgIpc) is 2.15. The van der Waals surface area contributed by atoms with Gasteiger partial charge >= 0.3 is 5.97 Å². The van der Waals surface area contributed by atoms with Gasteiger partial charge in [-0.15, -0.1) is 0 Å². The maximum absolute atomic E-state index is 13.4. The van der Waals surface area contributed by atoms with Gasteiger partial charge in [0.25, 0.3) is 0 Å². The summed E-state index contributed by atoms with van der Waals surface area (Å²) in [5.41, 5.74) is 0. The average molecular weight is 338 g/mol. The Morgan fingerprint density at radius 2 is 2.12 bits per heavy atom. The van der Waals surface area contributed by atoms with Gasteiger partial charge in [0.05, 0.1) is 0 Å². The van der Waals surface area contributed by atoms with E-state index in [2.05, 4.69) is 0 Å². The highest BCUT2D eigenvalue weighted by Crippen LogP contribution is 2.22. The van der Waals surface area contributed by atoms with Crippen molar-refractivity contribution < 1.29 is 19.0 Å². The fourth-order valence-electron chi connectivity index (χ4n) is 1.18. The first-order valence-corrected chi connectivity index (χ1v) is 5.84. The summed E-state index contributed by atoms with van der Waals surface area (Å²) in [6, 6.07) is 4.41. The minimum atomic E-state index is -1.09. The zero-order valence-corrected chi connectivity index (χ0v) is 11.1. The normalized spacial score (nSPS) is 12.6. The summed E-state index contributed by atoms with van der Waals surface area (Å²) in [6.45, 7) is 3.42. The molecule has 0 saturated heterocycles. The van der Waals surface area contributed by atoms with Crippen LogP contribution in [0.4, 0.5) is 4.39 Å². The fourth-order valence-corrected chi connectivity index (χ4v) is 1.63. The van der Waals surface area contributed by atoms with Crippen molar-refractivity contribution in [1.82, 2.24) is 0 Å². The van der Waals surface area contributed by atoms with E-state index in [1.807, 2.05) is 22.6 Å². The lowest BCUT2D eigenvalue weighted by atomic mass is 10.1. The highest BCUT2D eigenvalue weighted by molar-refractivity contribution is 14.1.